The SMILES string of the molecule is O=C(NC1CCC(C(=O)NCc2ccccc2O)CC1)c1cccnc1Oc1ccc(F)cc1. The summed E-state index contributed by atoms with van der Waals surface area (Å²) in [6.07, 6.45) is 4.19. The number of amides is 2. The number of rotatable bonds is 7. The van der Waals surface area contributed by atoms with Gasteiger partial charge in [-0.05, 0) is 68.1 Å². The van der Waals surface area contributed by atoms with Gasteiger partial charge >= 0.3 is 0 Å². The van der Waals surface area contributed by atoms with Gasteiger partial charge < -0.3 is 20.5 Å². The van der Waals surface area contributed by atoms with Gasteiger partial charge in [-0.3, -0.25) is 9.59 Å². The van der Waals surface area contributed by atoms with E-state index in [0.717, 1.165) is 0 Å². The molecule has 4 rings (SSSR count). The molecule has 2 amide bonds. The highest BCUT2D eigenvalue weighted by Crippen LogP contribution is 2.27. The molecule has 0 saturated heterocycles. The molecular weight excluding hydrogens is 437 g/mol. The Morgan fingerprint density at radius 1 is 1.00 bits per heavy atom. The summed E-state index contributed by atoms with van der Waals surface area (Å²) in [5.41, 5.74) is 0.960. The quantitative estimate of drug-likeness (QED) is 0.484. The van der Waals surface area contributed by atoms with Gasteiger partial charge in [0.1, 0.15) is 22.9 Å². The average molecular weight is 464 g/mol. The molecule has 8 heteroatoms. The van der Waals surface area contributed by atoms with Crippen LogP contribution in [0.3, 0.4) is 0 Å². The number of aromatic hydroxyl groups is 1. The number of phenols is 1. The first kappa shape index (κ1) is 23.2. The van der Waals surface area contributed by atoms with Crippen LogP contribution in [0.5, 0.6) is 17.4 Å². The first-order chi connectivity index (χ1) is 16.5. The number of ether oxygens (including phenoxy) is 1. The van der Waals surface area contributed by atoms with Crippen molar-refractivity contribution in [3.63, 3.8) is 0 Å². The molecule has 1 aliphatic rings. The molecule has 2 aromatic carbocycles. The van der Waals surface area contributed by atoms with E-state index in [1.807, 2.05) is 6.07 Å². The number of halogens is 1. The number of nitrogens with zero attached hydrogens (tertiary/aromatic N) is 1. The lowest BCUT2D eigenvalue weighted by Gasteiger charge is -2.28. The summed E-state index contributed by atoms with van der Waals surface area (Å²) in [7, 11) is 0. The maximum Gasteiger partial charge on any atom is 0.257 e. The third kappa shape index (κ3) is 5.89. The number of nitrogens with one attached hydrogen (secondary N) is 2. The summed E-state index contributed by atoms with van der Waals surface area (Å²) in [5.74, 6) is -0.183. The number of phenolic OH excluding ortho intramolecular Hbond substituents is 1. The molecule has 0 atom stereocenters. The number of benzene rings is 2. The Balaban J connectivity index is 1.29. The Kier molecular flexibility index (Phi) is 7.37. The van der Waals surface area contributed by atoms with Crippen LogP contribution in [0.4, 0.5) is 4.39 Å². The van der Waals surface area contributed by atoms with Crippen molar-refractivity contribution in [3.8, 4) is 17.4 Å². The van der Waals surface area contributed by atoms with Crippen molar-refractivity contribution < 1.29 is 23.8 Å². The average Bonchev–Trinajstić information content (AvgIpc) is 2.85. The Bertz CT molecular complexity index is 1140. The molecule has 3 aromatic rings. The second-order valence-corrected chi connectivity index (χ2v) is 8.28. The fourth-order valence-electron chi connectivity index (χ4n) is 4.01. The third-order valence-corrected chi connectivity index (χ3v) is 5.92. The maximum absolute atomic E-state index is 13.1. The minimum Gasteiger partial charge on any atom is -0.508 e. The van der Waals surface area contributed by atoms with Crippen molar-refractivity contribution in [2.24, 2.45) is 5.92 Å². The minimum atomic E-state index is -0.381. The molecule has 1 fully saturated rings. The van der Waals surface area contributed by atoms with Gasteiger partial charge in [0.2, 0.25) is 11.8 Å². The molecule has 1 heterocycles. The van der Waals surface area contributed by atoms with Crippen LogP contribution in [0, 0.1) is 11.7 Å². The molecular formula is C26H26FN3O4. The lowest BCUT2D eigenvalue weighted by molar-refractivity contribution is -0.126. The van der Waals surface area contributed by atoms with Gasteiger partial charge in [0.25, 0.3) is 5.91 Å². The Morgan fingerprint density at radius 2 is 1.74 bits per heavy atom. The van der Waals surface area contributed by atoms with E-state index >= 15 is 0 Å². The minimum absolute atomic E-state index is 0.0460. The van der Waals surface area contributed by atoms with Gasteiger partial charge in [0.05, 0.1) is 0 Å². The van der Waals surface area contributed by atoms with Gasteiger partial charge in [-0.1, -0.05) is 18.2 Å². The number of hydrogen-bond donors (Lipinski definition) is 3. The van der Waals surface area contributed by atoms with Crippen molar-refractivity contribution in [1.29, 1.82) is 0 Å². The number of carbonyl (C=O) groups is 2. The summed E-state index contributed by atoms with van der Waals surface area (Å²) in [6, 6.07) is 15.6. The molecule has 1 saturated carbocycles. The van der Waals surface area contributed by atoms with Crippen molar-refractivity contribution >= 4 is 11.8 Å². The highest BCUT2D eigenvalue weighted by atomic mass is 19.1. The van der Waals surface area contributed by atoms with E-state index in [2.05, 4.69) is 15.6 Å². The largest absolute Gasteiger partial charge is 0.508 e. The fraction of sp³-hybridized carbons (Fsp3) is 0.269. The first-order valence-corrected chi connectivity index (χ1v) is 11.2. The van der Waals surface area contributed by atoms with E-state index in [0.29, 0.717) is 37.0 Å². The zero-order valence-electron chi connectivity index (χ0n) is 18.5. The zero-order chi connectivity index (χ0) is 23.9. The Labute approximate surface area is 197 Å². The summed E-state index contributed by atoms with van der Waals surface area (Å²) < 4.78 is 18.8. The van der Waals surface area contributed by atoms with Crippen molar-refractivity contribution in [3.05, 3.63) is 83.8 Å². The standard InChI is InChI=1S/C26H26FN3O4/c27-19-9-13-21(14-10-19)34-26-22(5-3-15-28-26)25(33)30-20-11-7-17(8-12-20)24(32)29-16-18-4-1-2-6-23(18)31/h1-6,9-10,13-15,17,20,31H,7-8,11-12,16H2,(H,29,32)(H,30,33). The normalized spacial score (nSPS) is 17.6. The molecule has 1 aliphatic carbocycles. The summed E-state index contributed by atoms with van der Waals surface area (Å²) in [4.78, 5) is 29.6. The molecule has 176 valence electrons. The van der Waals surface area contributed by atoms with Crippen LogP contribution in [0.25, 0.3) is 0 Å². The van der Waals surface area contributed by atoms with Gasteiger partial charge in [0.15, 0.2) is 0 Å². The highest BCUT2D eigenvalue weighted by molar-refractivity contribution is 5.96. The number of carbonyl (C=O) groups excluding carboxylic acids is 2. The van der Waals surface area contributed by atoms with Crippen molar-refractivity contribution in [1.82, 2.24) is 15.6 Å². The summed E-state index contributed by atoms with van der Waals surface area (Å²) in [6.45, 7) is 0.278. The van der Waals surface area contributed by atoms with E-state index < -0.39 is 0 Å². The molecule has 34 heavy (non-hydrogen) atoms. The summed E-state index contributed by atoms with van der Waals surface area (Å²) in [5, 5.41) is 15.7. The molecule has 1 aromatic heterocycles. The molecule has 0 aliphatic heterocycles. The summed E-state index contributed by atoms with van der Waals surface area (Å²) >= 11 is 0. The van der Waals surface area contributed by atoms with E-state index in [1.165, 1.54) is 30.5 Å². The van der Waals surface area contributed by atoms with Crippen LogP contribution >= 0.6 is 0 Å². The van der Waals surface area contributed by atoms with Crippen LogP contribution in [-0.2, 0) is 11.3 Å². The zero-order valence-corrected chi connectivity index (χ0v) is 18.5. The predicted octanol–water partition coefficient (Wildman–Crippen LogP) is 4.32. The first-order valence-electron chi connectivity index (χ1n) is 11.2. The maximum atomic E-state index is 13.1. The molecule has 0 unspecified atom stereocenters. The van der Waals surface area contributed by atoms with Crippen molar-refractivity contribution in [2.45, 2.75) is 38.3 Å². The Morgan fingerprint density at radius 3 is 2.47 bits per heavy atom. The monoisotopic (exact) mass is 463 g/mol. The lowest BCUT2D eigenvalue weighted by atomic mass is 9.85. The molecule has 0 radical (unpaired) electrons. The molecule has 3 N–H and O–H groups in total. The van der Waals surface area contributed by atoms with Gasteiger partial charge in [0, 0.05) is 30.3 Å². The number of pyridine rings is 1. The molecule has 0 bridgehead atoms. The smallest absolute Gasteiger partial charge is 0.257 e. The van der Waals surface area contributed by atoms with Gasteiger partial charge in [-0.15, -0.1) is 0 Å². The van der Waals surface area contributed by atoms with Crippen LogP contribution < -0.4 is 15.4 Å². The second-order valence-electron chi connectivity index (χ2n) is 8.28. The Hall–Kier alpha value is -3.94. The predicted molar refractivity (Wildman–Crippen MR) is 124 cm³/mol. The van der Waals surface area contributed by atoms with E-state index in [9.17, 15) is 19.1 Å². The molecule has 0 spiro atoms. The van der Waals surface area contributed by atoms with Gasteiger partial charge in [-0.25, -0.2) is 9.37 Å². The number of hydrogen-bond acceptors (Lipinski definition) is 5. The fourth-order valence-corrected chi connectivity index (χ4v) is 4.01. The highest BCUT2D eigenvalue weighted by Gasteiger charge is 2.28. The van der Waals surface area contributed by atoms with E-state index in [-0.39, 0.29) is 53.3 Å². The van der Waals surface area contributed by atoms with Crippen LogP contribution in [-0.4, -0.2) is 27.9 Å². The van der Waals surface area contributed by atoms with Crippen LogP contribution in [0.2, 0.25) is 0 Å². The van der Waals surface area contributed by atoms with Crippen molar-refractivity contribution in [2.75, 3.05) is 0 Å². The number of para-hydroxylation sites is 1. The topological polar surface area (TPSA) is 101 Å². The van der Waals surface area contributed by atoms with E-state index in [1.54, 1.807) is 30.3 Å². The second kappa shape index (κ2) is 10.8. The van der Waals surface area contributed by atoms with Crippen LogP contribution in [0.1, 0.15) is 41.6 Å². The van der Waals surface area contributed by atoms with Crippen LogP contribution in [0.15, 0.2) is 66.9 Å². The third-order valence-electron chi connectivity index (χ3n) is 5.92. The number of aromatic nitrogens is 1. The van der Waals surface area contributed by atoms with Gasteiger partial charge in [-0.2, -0.15) is 0 Å². The lowest BCUT2D eigenvalue weighted by Crippen LogP contribution is -2.40. The van der Waals surface area contributed by atoms with E-state index in [4.69, 9.17) is 4.74 Å². The molecule has 7 nitrogen and oxygen atoms in total.